The molecule has 0 N–H and O–H groups in total. The SMILES string of the molecule is O=S(=O)(c1cccc(-c2nnc(SCc3cccc(Oc4ccccc4)c3)n2-c2ccccc2)c1)N1CCCC1. The van der Waals surface area contributed by atoms with Crippen molar-refractivity contribution in [1.29, 1.82) is 0 Å². The number of para-hydroxylation sites is 2. The summed E-state index contributed by atoms with van der Waals surface area (Å²) in [5.41, 5.74) is 2.68. The van der Waals surface area contributed by atoms with Crippen LogP contribution in [0.4, 0.5) is 0 Å². The van der Waals surface area contributed by atoms with Gasteiger partial charge in [-0.1, -0.05) is 72.4 Å². The van der Waals surface area contributed by atoms with Gasteiger partial charge in [0.2, 0.25) is 10.0 Å². The quantitative estimate of drug-likeness (QED) is 0.182. The van der Waals surface area contributed by atoms with E-state index < -0.39 is 10.0 Å². The third-order valence-electron chi connectivity index (χ3n) is 6.69. The highest BCUT2D eigenvalue weighted by atomic mass is 32.2. The standard InChI is InChI=1S/C31H28N4O3S2/c36-40(37,34-19-7-8-20-34)29-18-10-12-25(22-29)30-32-33-31(35(30)26-13-3-1-4-14-26)39-23-24-11-9-17-28(21-24)38-27-15-5-2-6-16-27/h1-6,9-18,21-22H,7-8,19-20,23H2. The zero-order chi connectivity index (χ0) is 27.4. The van der Waals surface area contributed by atoms with Crippen LogP contribution in [0.1, 0.15) is 18.4 Å². The second-order valence-electron chi connectivity index (χ2n) is 9.47. The van der Waals surface area contributed by atoms with Gasteiger partial charge in [0.25, 0.3) is 0 Å². The second kappa shape index (κ2) is 11.7. The van der Waals surface area contributed by atoms with Crippen molar-refractivity contribution in [3.05, 3.63) is 115 Å². The largest absolute Gasteiger partial charge is 0.457 e. The molecule has 202 valence electrons. The number of rotatable bonds is 9. The normalized spacial score (nSPS) is 13.9. The lowest BCUT2D eigenvalue weighted by Gasteiger charge is -2.16. The smallest absolute Gasteiger partial charge is 0.243 e. The molecule has 0 amide bonds. The highest BCUT2D eigenvalue weighted by Gasteiger charge is 2.28. The minimum Gasteiger partial charge on any atom is -0.457 e. The van der Waals surface area contributed by atoms with Gasteiger partial charge in [0.15, 0.2) is 11.0 Å². The maximum absolute atomic E-state index is 13.2. The van der Waals surface area contributed by atoms with E-state index in [9.17, 15) is 8.42 Å². The summed E-state index contributed by atoms with van der Waals surface area (Å²) in [4.78, 5) is 0.277. The van der Waals surface area contributed by atoms with Gasteiger partial charge in [0.05, 0.1) is 4.90 Å². The summed E-state index contributed by atoms with van der Waals surface area (Å²) in [7, 11) is -3.55. The Morgan fingerprint density at radius 2 is 1.45 bits per heavy atom. The van der Waals surface area contributed by atoms with E-state index in [1.54, 1.807) is 34.3 Å². The Balaban J connectivity index is 1.30. The number of nitrogens with zero attached hydrogens (tertiary/aromatic N) is 4. The second-order valence-corrected chi connectivity index (χ2v) is 12.3. The lowest BCUT2D eigenvalue weighted by atomic mass is 10.2. The molecule has 1 aliphatic rings. The molecule has 0 radical (unpaired) electrons. The van der Waals surface area contributed by atoms with Crippen LogP contribution in [-0.2, 0) is 15.8 Å². The van der Waals surface area contributed by atoms with Crippen LogP contribution in [0.3, 0.4) is 0 Å². The Morgan fingerprint density at radius 1 is 0.750 bits per heavy atom. The van der Waals surface area contributed by atoms with E-state index in [0.717, 1.165) is 35.6 Å². The van der Waals surface area contributed by atoms with E-state index in [1.165, 1.54) is 0 Å². The van der Waals surface area contributed by atoms with Gasteiger partial charge in [-0.25, -0.2) is 8.42 Å². The molecule has 5 aromatic rings. The Labute approximate surface area is 238 Å². The fraction of sp³-hybridized carbons (Fsp3) is 0.161. The summed E-state index contributed by atoms with van der Waals surface area (Å²) in [5.74, 6) is 2.80. The van der Waals surface area contributed by atoms with Crippen LogP contribution in [0.2, 0.25) is 0 Å². The van der Waals surface area contributed by atoms with Gasteiger partial charge in [-0.3, -0.25) is 4.57 Å². The Kier molecular flexibility index (Phi) is 7.68. The van der Waals surface area contributed by atoms with Gasteiger partial charge in [-0.15, -0.1) is 10.2 Å². The predicted molar refractivity (Wildman–Crippen MR) is 157 cm³/mol. The van der Waals surface area contributed by atoms with E-state index in [2.05, 4.69) is 16.3 Å². The van der Waals surface area contributed by atoms with Crippen LogP contribution in [0.15, 0.2) is 119 Å². The van der Waals surface area contributed by atoms with E-state index in [4.69, 9.17) is 4.74 Å². The Bertz CT molecular complexity index is 1700. The average Bonchev–Trinajstić information content (AvgIpc) is 3.69. The molecule has 0 aliphatic carbocycles. The summed E-state index contributed by atoms with van der Waals surface area (Å²) in [5, 5.41) is 9.77. The topological polar surface area (TPSA) is 77.3 Å². The fourth-order valence-corrected chi connectivity index (χ4v) is 7.16. The minimum atomic E-state index is -3.55. The Hall–Kier alpha value is -3.92. The molecule has 40 heavy (non-hydrogen) atoms. The minimum absolute atomic E-state index is 0.277. The Morgan fingerprint density at radius 3 is 2.23 bits per heavy atom. The van der Waals surface area contributed by atoms with Crippen LogP contribution in [0, 0.1) is 0 Å². The van der Waals surface area contributed by atoms with Crippen molar-refractivity contribution in [2.45, 2.75) is 28.6 Å². The first-order valence-electron chi connectivity index (χ1n) is 13.1. The van der Waals surface area contributed by atoms with Gasteiger partial charge in [-0.05, 0) is 66.9 Å². The molecule has 1 saturated heterocycles. The van der Waals surface area contributed by atoms with Crippen molar-refractivity contribution in [1.82, 2.24) is 19.1 Å². The molecule has 9 heteroatoms. The molecule has 0 bridgehead atoms. The predicted octanol–water partition coefficient (Wildman–Crippen LogP) is 6.80. The van der Waals surface area contributed by atoms with Crippen LogP contribution < -0.4 is 4.74 Å². The van der Waals surface area contributed by atoms with Crippen molar-refractivity contribution in [2.75, 3.05) is 13.1 Å². The molecule has 6 rings (SSSR count). The summed E-state index contributed by atoms with van der Waals surface area (Å²) < 4.78 is 36.0. The van der Waals surface area contributed by atoms with Crippen LogP contribution in [-0.4, -0.2) is 40.6 Å². The molecular formula is C31H28N4O3S2. The maximum atomic E-state index is 13.2. The van der Waals surface area contributed by atoms with E-state index >= 15 is 0 Å². The van der Waals surface area contributed by atoms with Gasteiger partial charge < -0.3 is 4.74 Å². The molecule has 4 aromatic carbocycles. The molecular weight excluding hydrogens is 541 g/mol. The maximum Gasteiger partial charge on any atom is 0.243 e. The summed E-state index contributed by atoms with van der Waals surface area (Å²) in [6, 6.07) is 34.6. The van der Waals surface area contributed by atoms with Crippen molar-refractivity contribution in [2.24, 2.45) is 0 Å². The molecule has 0 spiro atoms. The molecule has 2 heterocycles. The molecule has 1 aromatic heterocycles. The average molecular weight is 569 g/mol. The monoisotopic (exact) mass is 568 g/mol. The number of ether oxygens (including phenoxy) is 1. The highest BCUT2D eigenvalue weighted by molar-refractivity contribution is 7.98. The molecule has 1 fully saturated rings. The number of aromatic nitrogens is 3. The summed E-state index contributed by atoms with van der Waals surface area (Å²) in [6.07, 6.45) is 1.78. The molecule has 0 atom stereocenters. The number of hydrogen-bond acceptors (Lipinski definition) is 6. The first kappa shape index (κ1) is 26.3. The fourth-order valence-electron chi connectivity index (χ4n) is 4.70. The van der Waals surface area contributed by atoms with E-state index in [0.29, 0.717) is 35.4 Å². The van der Waals surface area contributed by atoms with Crippen molar-refractivity contribution in [3.8, 4) is 28.6 Å². The third-order valence-corrected chi connectivity index (χ3v) is 9.58. The van der Waals surface area contributed by atoms with Gasteiger partial charge in [0.1, 0.15) is 11.5 Å². The molecule has 0 saturated carbocycles. The molecule has 1 aliphatic heterocycles. The zero-order valence-electron chi connectivity index (χ0n) is 21.8. The van der Waals surface area contributed by atoms with Gasteiger partial charge >= 0.3 is 0 Å². The first-order chi connectivity index (χ1) is 19.6. The lowest BCUT2D eigenvalue weighted by molar-refractivity contribution is 0.477. The number of thioether (sulfide) groups is 1. The molecule has 0 unspecified atom stereocenters. The highest BCUT2D eigenvalue weighted by Crippen LogP contribution is 2.32. The summed E-state index contributed by atoms with van der Waals surface area (Å²) in [6.45, 7) is 1.12. The number of hydrogen-bond donors (Lipinski definition) is 0. The van der Waals surface area contributed by atoms with Crippen molar-refractivity contribution in [3.63, 3.8) is 0 Å². The summed E-state index contributed by atoms with van der Waals surface area (Å²) >= 11 is 1.56. The van der Waals surface area contributed by atoms with E-state index in [-0.39, 0.29) is 4.90 Å². The van der Waals surface area contributed by atoms with Crippen LogP contribution in [0.5, 0.6) is 11.5 Å². The van der Waals surface area contributed by atoms with Crippen molar-refractivity contribution >= 4 is 21.8 Å². The first-order valence-corrected chi connectivity index (χ1v) is 15.6. The number of benzene rings is 4. The number of sulfonamides is 1. The van der Waals surface area contributed by atoms with Gasteiger partial charge in [-0.2, -0.15) is 4.31 Å². The molecule has 7 nitrogen and oxygen atoms in total. The van der Waals surface area contributed by atoms with Crippen molar-refractivity contribution < 1.29 is 13.2 Å². The van der Waals surface area contributed by atoms with Crippen LogP contribution in [0.25, 0.3) is 17.1 Å². The lowest BCUT2D eigenvalue weighted by Crippen LogP contribution is -2.27. The third kappa shape index (κ3) is 5.67. The zero-order valence-corrected chi connectivity index (χ0v) is 23.4. The van der Waals surface area contributed by atoms with E-state index in [1.807, 2.05) is 89.5 Å². The van der Waals surface area contributed by atoms with Crippen LogP contribution >= 0.6 is 11.8 Å². The van der Waals surface area contributed by atoms with Gasteiger partial charge in [0, 0.05) is 30.1 Å².